The molecule has 3 rings (SSSR count). The fourth-order valence-electron chi connectivity index (χ4n) is 2.96. The molecule has 0 aliphatic heterocycles. The summed E-state index contributed by atoms with van der Waals surface area (Å²) in [6.07, 6.45) is 5.35. The van der Waals surface area contributed by atoms with Crippen LogP contribution in [0, 0.1) is 0 Å². The molecule has 1 heterocycles. The number of unbranched alkanes of at least 4 members (excludes halogenated alkanes) is 3. The van der Waals surface area contributed by atoms with Gasteiger partial charge in [-0.2, -0.15) is 0 Å². The fraction of sp³-hybridized carbons (Fsp3) is 0.286. The minimum Gasteiger partial charge on any atom is -0.456 e. The molecule has 2 heteroatoms. The molecule has 1 aromatic heterocycles. The number of hydrogen-bond donors (Lipinski definition) is 0. The smallest absolute Gasteiger partial charge is 0.196 e. The predicted octanol–water partition coefficient (Wildman–Crippen LogP) is 5.58. The van der Waals surface area contributed by atoms with Crippen LogP contribution in [0.4, 0.5) is 0 Å². The van der Waals surface area contributed by atoms with E-state index in [0.29, 0.717) is 11.0 Å². The van der Waals surface area contributed by atoms with E-state index in [1.54, 1.807) is 0 Å². The van der Waals surface area contributed by atoms with E-state index in [1.165, 1.54) is 12.8 Å². The summed E-state index contributed by atoms with van der Waals surface area (Å²) < 4.78 is 6.12. The van der Waals surface area contributed by atoms with Gasteiger partial charge in [0, 0.05) is 11.1 Å². The van der Waals surface area contributed by atoms with Gasteiger partial charge in [-0.1, -0.05) is 68.7 Å². The van der Waals surface area contributed by atoms with Gasteiger partial charge in [0.05, 0.1) is 5.39 Å². The maximum absolute atomic E-state index is 12.9. The summed E-state index contributed by atoms with van der Waals surface area (Å²) in [5.41, 5.74) is 2.56. The van der Waals surface area contributed by atoms with Crippen molar-refractivity contribution < 1.29 is 4.42 Å². The molecule has 0 radical (unpaired) electrons. The molecule has 3 aromatic rings. The number of hydrogen-bond acceptors (Lipinski definition) is 2. The number of rotatable bonds is 6. The van der Waals surface area contributed by atoms with E-state index in [4.69, 9.17) is 4.42 Å². The molecule has 0 bridgehead atoms. The molecule has 23 heavy (non-hydrogen) atoms. The topological polar surface area (TPSA) is 30.2 Å². The third-order valence-corrected chi connectivity index (χ3v) is 4.21. The SMILES string of the molecule is CCCCCCc1c(-c2ccccc2)oc2ccccc2c1=O. The van der Waals surface area contributed by atoms with Gasteiger partial charge in [0.2, 0.25) is 0 Å². The largest absolute Gasteiger partial charge is 0.456 e. The summed E-state index contributed by atoms with van der Waals surface area (Å²) in [5.74, 6) is 0.728. The summed E-state index contributed by atoms with van der Waals surface area (Å²) in [4.78, 5) is 12.9. The van der Waals surface area contributed by atoms with Crippen molar-refractivity contribution in [3.8, 4) is 11.3 Å². The Hall–Kier alpha value is -2.35. The zero-order chi connectivity index (χ0) is 16.1. The maximum atomic E-state index is 12.9. The van der Waals surface area contributed by atoms with E-state index < -0.39 is 0 Å². The summed E-state index contributed by atoms with van der Waals surface area (Å²) in [7, 11) is 0. The van der Waals surface area contributed by atoms with Crippen LogP contribution in [0.2, 0.25) is 0 Å². The summed E-state index contributed by atoms with van der Waals surface area (Å²) in [6.45, 7) is 2.19. The molecule has 0 unspecified atom stereocenters. The van der Waals surface area contributed by atoms with E-state index in [0.717, 1.165) is 36.1 Å². The monoisotopic (exact) mass is 306 g/mol. The van der Waals surface area contributed by atoms with Crippen molar-refractivity contribution >= 4 is 11.0 Å². The lowest BCUT2D eigenvalue weighted by Gasteiger charge is -2.10. The molecule has 118 valence electrons. The lowest BCUT2D eigenvalue weighted by Crippen LogP contribution is -2.11. The normalized spacial score (nSPS) is 11.0. The third kappa shape index (κ3) is 3.37. The van der Waals surface area contributed by atoms with Crippen molar-refractivity contribution in [3.63, 3.8) is 0 Å². The quantitative estimate of drug-likeness (QED) is 0.556. The first kappa shape index (κ1) is 15.5. The van der Waals surface area contributed by atoms with Crippen molar-refractivity contribution in [2.45, 2.75) is 39.0 Å². The first-order valence-electron chi connectivity index (χ1n) is 8.41. The van der Waals surface area contributed by atoms with Crippen LogP contribution in [0.3, 0.4) is 0 Å². The lowest BCUT2D eigenvalue weighted by molar-refractivity contribution is 0.599. The highest BCUT2D eigenvalue weighted by atomic mass is 16.3. The molecule has 0 amide bonds. The molecular weight excluding hydrogens is 284 g/mol. The maximum Gasteiger partial charge on any atom is 0.196 e. The van der Waals surface area contributed by atoms with Gasteiger partial charge < -0.3 is 4.42 Å². The molecule has 0 atom stereocenters. The summed E-state index contributed by atoms with van der Waals surface area (Å²) in [5, 5.41) is 0.678. The number of fused-ring (bicyclic) bond motifs is 1. The zero-order valence-corrected chi connectivity index (χ0v) is 13.5. The molecule has 0 saturated carbocycles. The molecular formula is C21H22O2. The fourth-order valence-corrected chi connectivity index (χ4v) is 2.96. The van der Waals surface area contributed by atoms with Gasteiger partial charge >= 0.3 is 0 Å². The van der Waals surface area contributed by atoms with E-state index >= 15 is 0 Å². The minimum absolute atomic E-state index is 0.113. The standard InChI is InChI=1S/C21H22O2/c1-2-3-4-8-14-18-20(22)17-13-9-10-15-19(17)23-21(18)16-11-6-5-7-12-16/h5-7,9-13,15H,2-4,8,14H2,1H3. The highest BCUT2D eigenvalue weighted by Crippen LogP contribution is 2.27. The Balaban J connectivity index is 2.10. The van der Waals surface area contributed by atoms with Crippen LogP contribution >= 0.6 is 0 Å². The van der Waals surface area contributed by atoms with Crippen molar-refractivity contribution in [1.29, 1.82) is 0 Å². The van der Waals surface area contributed by atoms with Gasteiger partial charge in [0.15, 0.2) is 5.43 Å². The second-order valence-electron chi connectivity index (χ2n) is 5.91. The van der Waals surface area contributed by atoms with E-state index in [-0.39, 0.29) is 5.43 Å². The Labute approximate surface area is 136 Å². The van der Waals surface area contributed by atoms with Crippen molar-refractivity contribution in [2.75, 3.05) is 0 Å². The Morgan fingerprint density at radius 2 is 1.61 bits per heavy atom. The van der Waals surface area contributed by atoms with Gasteiger partial charge in [-0.05, 0) is 25.0 Å². The molecule has 0 spiro atoms. The third-order valence-electron chi connectivity index (χ3n) is 4.21. The van der Waals surface area contributed by atoms with Gasteiger partial charge in [0.25, 0.3) is 0 Å². The van der Waals surface area contributed by atoms with Crippen LogP contribution in [0.25, 0.3) is 22.3 Å². The average molecular weight is 306 g/mol. The van der Waals surface area contributed by atoms with Gasteiger partial charge in [-0.15, -0.1) is 0 Å². The van der Waals surface area contributed by atoms with E-state index in [1.807, 2.05) is 54.6 Å². The lowest BCUT2D eigenvalue weighted by atomic mass is 9.99. The molecule has 2 aromatic carbocycles. The van der Waals surface area contributed by atoms with Gasteiger partial charge in [-0.25, -0.2) is 0 Å². The Morgan fingerprint density at radius 1 is 0.870 bits per heavy atom. The van der Waals surface area contributed by atoms with Crippen LogP contribution in [0.15, 0.2) is 63.8 Å². The molecule has 0 aliphatic rings. The molecule has 2 nitrogen and oxygen atoms in total. The first-order chi connectivity index (χ1) is 11.3. The Morgan fingerprint density at radius 3 is 2.39 bits per heavy atom. The van der Waals surface area contributed by atoms with Crippen LogP contribution < -0.4 is 5.43 Å². The number of para-hydroxylation sites is 1. The van der Waals surface area contributed by atoms with Crippen LogP contribution in [0.1, 0.15) is 38.2 Å². The van der Waals surface area contributed by atoms with Crippen molar-refractivity contribution in [1.82, 2.24) is 0 Å². The summed E-state index contributed by atoms with van der Waals surface area (Å²) in [6, 6.07) is 17.4. The van der Waals surface area contributed by atoms with E-state index in [9.17, 15) is 4.79 Å². The average Bonchev–Trinajstić information content (AvgIpc) is 2.61. The zero-order valence-electron chi connectivity index (χ0n) is 13.5. The second-order valence-corrected chi connectivity index (χ2v) is 5.91. The molecule has 0 saturated heterocycles. The van der Waals surface area contributed by atoms with Crippen LogP contribution in [-0.4, -0.2) is 0 Å². The molecule has 0 fully saturated rings. The van der Waals surface area contributed by atoms with E-state index in [2.05, 4.69) is 6.92 Å². The van der Waals surface area contributed by atoms with Crippen LogP contribution in [-0.2, 0) is 6.42 Å². The number of benzene rings is 2. The predicted molar refractivity (Wildman–Crippen MR) is 95.8 cm³/mol. The van der Waals surface area contributed by atoms with Gasteiger partial charge in [0.1, 0.15) is 11.3 Å². The van der Waals surface area contributed by atoms with Crippen LogP contribution in [0.5, 0.6) is 0 Å². The molecule has 0 N–H and O–H groups in total. The Kier molecular flexibility index (Phi) is 4.92. The van der Waals surface area contributed by atoms with Crippen molar-refractivity contribution in [2.24, 2.45) is 0 Å². The van der Waals surface area contributed by atoms with Crippen molar-refractivity contribution in [3.05, 3.63) is 70.4 Å². The minimum atomic E-state index is 0.113. The first-order valence-corrected chi connectivity index (χ1v) is 8.41. The van der Waals surface area contributed by atoms with Gasteiger partial charge in [-0.3, -0.25) is 4.79 Å². The highest BCUT2D eigenvalue weighted by molar-refractivity contribution is 5.80. The highest BCUT2D eigenvalue weighted by Gasteiger charge is 2.15. The second kappa shape index (κ2) is 7.28. The Bertz CT molecular complexity index is 831. The molecule has 0 aliphatic carbocycles. The summed E-state index contributed by atoms with van der Waals surface area (Å²) >= 11 is 0.